The zero-order valence-corrected chi connectivity index (χ0v) is 11.1. The number of carboxylic acid groups (broad SMARTS) is 1. The number of amides is 2. The lowest BCUT2D eigenvalue weighted by Crippen LogP contribution is -2.37. The van der Waals surface area contributed by atoms with Crippen molar-refractivity contribution in [2.75, 3.05) is 13.6 Å². The average Bonchev–Trinajstić information content (AvgIpc) is 2.73. The predicted molar refractivity (Wildman–Crippen MR) is 68.8 cm³/mol. The first-order valence-corrected chi connectivity index (χ1v) is 6.09. The van der Waals surface area contributed by atoms with Crippen LogP contribution in [0.3, 0.4) is 0 Å². The maximum absolute atomic E-state index is 11.6. The van der Waals surface area contributed by atoms with Crippen LogP contribution in [-0.2, 0) is 6.54 Å². The van der Waals surface area contributed by atoms with Crippen molar-refractivity contribution in [2.24, 2.45) is 0 Å². The molecule has 0 aliphatic rings. The van der Waals surface area contributed by atoms with Gasteiger partial charge in [-0.2, -0.15) is 0 Å². The molecule has 0 aromatic carbocycles. The fourth-order valence-electron chi connectivity index (χ4n) is 1.25. The molecule has 18 heavy (non-hydrogen) atoms. The van der Waals surface area contributed by atoms with E-state index >= 15 is 0 Å². The number of thiazole rings is 1. The summed E-state index contributed by atoms with van der Waals surface area (Å²) in [6.45, 7) is 6.25. The second kappa shape index (κ2) is 6.15. The van der Waals surface area contributed by atoms with Gasteiger partial charge in [0.1, 0.15) is 5.01 Å². The summed E-state index contributed by atoms with van der Waals surface area (Å²) in [5.41, 5.74) is 0.884. The van der Waals surface area contributed by atoms with Crippen molar-refractivity contribution in [3.05, 3.63) is 28.2 Å². The Labute approximate surface area is 109 Å². The van der Waals surface area contributed by atoms with Crippen LogP contribution in [-0.4, -0.2) is 40.6 Å². The first kappa shape index (κ1) is 14.2. The van der Waals surface area contributed by atoms with Crippen LogP contribution < -0.4 is 5.32 Å². The van der Waals surface area contributed by atoms with Crippen molar-refractivity contribution in [1.82, 2.24) is 15.2 Å². The zero-order valence-electron chi connectivity index (χ0n) is 10.3. The molecule has 0 saturated carbocycles. The van der Waals surface area contributed by atoms with E-state index in [1.54, 1.807) is 7.05 Å². The lowest BCUT2D eigenvalue weighted by Gasteiger charge is -2.17. The normalized spacial score (nSPS) is 9.89. The van der Waals surface area contributed by atoms with Crippen molar-refractivity contribution in [3.63, 3.8) is 0 Å². The highest BCUT2D eigenvalue weighted by molar-refractivity contribution is 7.09. The van der Waals surface area contributed by atoms with Gasteiger partial charge < -0.3 is 15.3 Å². The van der Waals surface area contributed by atoms with Gasteiger partial charge >= 0.3 is 12.0 Å². The summed E-state index contributed by atoms with van der Waals surface area (Å²) in [5.74, 6) is -1.07. The number of aromatic nitrogens is 1. The molecule has 0 radical (unpaired) electrons. The Morgan fingerprint density at radius 1 is 1.61 bits per heavy atom. The molecule has 1 rings (SSSR count). The Balaban J connectivity index is 2.46. The molecular formula is C11H15N3O3S. The maximum Gasteiger partial charge on any atom is 0.355 e. The van der Waals surface area contributed by atoms with Crippen LogP contribution in [0, 0.1) is 0 Å². The molecule has 0 aliphatic carbocycles. The summed E-state index contributed by atoms with van der Waals surface area (Å²) in [5, 5.41) is 13.4. The van der Waals surface area contributed by atoms with Gasteiger partial charge in [-0.1, -0.05) is 12.2 Å². The number of hydrogen-bond acceptors (Lipinski definition) is 4. The number of carboxylic acids is 1. The standard InChI is InChI=1S/C11H15N3O3S/c1-7(2)5-14(3)11(17)12-4-9-13-8(6-18-9)10(15)16/h6H,1,4-5H2,2-3H3,(H,12,17)(H,15,16). The van der Waals surface area contributed by atoms with Crippen molar-refractivity contribution in [2.45, 2.75) is 13.5 Å². The highest BCUT2D eigenvalue weighted by Crippen LogP contribution is 2.09. The molecule has 6 nitrogen and oxygen atoms in total. The Kier molecular flexibility index (Phi) is 4.85. The second-order valence-corrected chi connectivity index (χ2v) is 4.85. The summed E-state index contributed by atoms with van der Waals surface area (Å²) >= 11 is 1.20. The zero-order chi connectivity index (χ0) is 13.7. The summed E-state index contributed by atoms with van der Waals surface area (Å²) < 4.78 is 0. The summed E-state index contributed by atoms with van der Waals surface area (Å²) in [4.78, 5) is 27.6. The Morgan fingerprint density at radius 3 is 2.78 bits per heavy atom. The molecule has 0 fully saturated rings. The number of urea groups is 1. The average molecular weight is 269 g/mol. The van der Waals surface area contributed by atoms with Gasteiger partial charge in [0, 0.05) is 19.0 Å². The Hall–Kier alpha value is -1.89. The Morgan fingerprint density at radius 2 is 2.28 bits per heavy atom. The third-order valence-corrected chi connectivity index (χ3v) is 2.86. The van der Waals surface area contributed by atoms with Gasteiger partial charge in [-0.25, -0.2) is 14.6 Å². The van der Waals surface area contributed by atoms with Crippen LogP contribution in [0.4, 0.5) is 4.79 Å². The van der Waals surface area contributed by atoms with Crippen LogP contribution >= 0.6 is 11.3 Å². The van der Waals surface area contributed by atoms with Crippen molar-refractivity contribution >= 4 is 23.3 Å². The van der Waals surface area contributed by atoms with E-state index in [1.807, 2.05) is 6.92 Å². The van der Waals surface area contributed by atoms with E-state index in [9.17, 15) is 9.59 Å². The number of carbonyl (C=O) groups excluding carboxylic acids is 1. The van der Waals surface area contributed by atoms with E-state index in [0.29, 0.717) is 11.6 Å². The number of hydrogen-bond donors (Lipinski definition) is 2. The number of nitrogens with one attached hydrogen (secondary N) is 1. The lowest BCUT2D eigenvalue weighted by molar-refractivity contribution is 0.0691. The smallest absolute Gasteiger partial charge is 0.355 e. The van der Waals surface area contributed by atoms with Gasteiger partial charge in [-0.3, -0.25) is 0 Å². The van der Waals surface area contributed by atoms with Crippen LogP contribution in [0.1, 0.15) is 22.4 Å². The number of aromatic carboxylic acids is 1. The van der Waals surface area contributed by atoms with Crippen molar-refractivity contribution < 1.29 is 14.7 Å². The minimum absolute atomic E-state index is 0.000426. The van der Waals surface area contributed by atoms with E-state index in [-0.39, 0.29) is 18.3 Å². The van der Waals surface area contributed by atoms with Gasteiger partial charge in [0.05, 0.1) is 6.54 Å². The van der Waals surface area contributed by atoms with Crippen LogP contribution in [0.2, 0.25) is 0 Å². The van der Waals surface area contributed by atoms with Gasteiger partial charge in [0.2, 0.25) is 0 Å². The van der Waals surface area contributed by atoms with Crippen molar-refractivity contribution in [3.8, 4) is 0 Å². The molecule has 2 N–H and O–H groups in total. The SMILES string of the molecule is C=C(C)CN(C)C(=O)NCc1nc(C(=O)O)cs1. The number of likely N-dealkylation sites (N-methyl/N-ethyl adjacent to an activating group) is 1. The lowest BCUT2D eigenvalue weighted by atomic mass is 10.3. The van der Waals surface area contributed by atoms with Crippen LogP contribution in [0.25, 0.3) is 0 Å². The molecule has 98 valence electrons. The third kappa shape index (κ3) is 4.17. The molecule has 1 aromatic heterocycles. The van der Waals surface area contributed by atoms with Crippen LogP contribution in [0.15, 0.2) is 17.5 Å². The summed E-state index contributed by atoms with van der Waals surface area (Å²) in [6.07, 6.45) is 0. The fourth-order valence-corrected chi connectivity index (χ4v) is 1.96. The number of carbonyl (C=O) groups is 2. The second-order valence-electron chi connectivity index (χ2n) is 3.90. The van der Waals surface area contributed by atoms with E-state index in [4.69, 9.17) is 5.11 Å². The van der Waals surface area contributed by atoms with E-state index in [2.05, 4.69) is 16.9 Å². The summed E-state index contributed by atoms with van der Waals surface area (Å²) in [7, 11) is 1.66. The van der Waals surface area contributed by atoms with Gasteiger partial charge in [-0.05, 0) is 6.92 Å². The molecule has 1 heterocycles. The van der Waals surface area contributed by atoms with E-state index < -0.39 is 5.97 Å². The van der Waals surface area contributed by atoms with E-state index in [1.165, 1.54) is 21.6 Å². The van der Waals surface area contributed by atoms with Gasteiger partial charge in [0.25, 0.3) is 0 Å². The largest absolute Gasteiger partial charge is 0.476 e. The molecule has 0 spiro atoms. The first-order valence-electron chi connectivity index (χ1n) is 5.21. The topological polar surface area (TPSA) is 82.5 Å². The quantitative estimate of drug-likeness (QED) is 0.795. The van der Waals surface area contributed by atoms with Gasteiger partial charge in [0.15, 0.2) is 5.69 Å². The maximum atomic E-state index is 11.6. The highest BCUT2D eigenvalue weighted by atomic mass is 32.1. The Bertz CT molecular complexity index is 470. The molecule has 0 aliphatic heterocycles. The molecule has 7 heteroatoms. The fraction of sp³-hybridized carbons (Fsp3) is 0.364. The molecule has 0 saturated heterocycles. The summed E-state index contributed by atoms with van der Waals surface area (Å²) in [6, 6.07) is -0.245. The molecular weight excluding hydrogens is 254 g/mol. The minimum Gasteiger partial charge on any atom is -0.476 e. The molecule has 0 atom stereocenters. The van der Waals surface area contributed by atoms with E-state index in [0.717, 1.165) is 5.57 Å². The van der Waals surface area contributed by atoms with Gasteiger partial charge in [-0.15, -0.1) is 11.3 Å². The highest BCUT2D eigenvalue weighted by Gasteiger charge is 2.11. The first-order chi connectivity index (χ1) is 8.40. The predicted octanol–water partition coefficient (Wildman–Crippen LogP) is 1.56. The molecule has 1 aromatic rings. The van der Waals surface area contributed by atoms with Crippen LogP contribution in [0.5, 0.6) is 0 Å². The number of rotatable bonds is 5. The number of nitrogens with zero attached hydrogens (tertiary/aromatic N) is 2. The molecule has 0 bridgehead atoms. The monoisotopic (exact) mass is 269 g/mol. The molecule has 0 unspecified atom stereocenters. The third-order valence-electron chi connectivity index (χ3n) is 2.02. The molecule has 2 amide bonds. The minimum atomic E-state index is -1.07. The van der Waals surface area contributed by atoms with Crippen molar-refractivity contribution in [1.29, 1.82) is 0 Å².